The summed E-state index contributed by atoms with van der Waals surface area (Å²) >= 11 is 0. The Kier molecular flexibility index (Phi) is 4.83. The summed E-state index contributed by atoms with van der Waals surface area (Å²) in [5, 5.41) is 10.5. The van der Waals surface area contributed by atoms with Gasteiger partial charge in [0.05, 0.1) is 6.10 Å². The Bertz CT molecular complexity index is 358. The van der Waals surface area contributed by atoms with E-state index < -0.39 is 0 Å². The number of hydrogen-bond acceptors (Lipinski definition) is 2. The highest BCUT2D eigenvalue weighted by Crippen LogP contribution is 2.40. The van der Waals surface area contributed by atoms with Crippen LogP contribution in [-0.4, -0.2) is 17.0 Å². The van der Waals surface area contributed by atoms with Gasteiger partial charge in [-0.05, 0) is 55.4 Å². The molecule has 0 spiro atoms. The largest absolute Gasteiger partial charge is 0.393 e. The maximum Gasteiger partial charge on any atom is 0.155 e. The molecule has 2 aliphatic carbocycles. The minimum Gasteiger partial charge on any atom is -0.393 e. The molecule has 1 fully saturated rings. The molecule has 0 radical (unpaired) electrons. The molecule has 3 unspecified atom stereocenters. The smallest absolute Gasteiger partial charge is 0.155 e. The molecule has 2 heteroatoms. The molecule has 0 amide bonds. The molecule has 1 saturated carbocycles. The molecule has 5 atom stereocenters. The second-order valence-electron chi connectivity index (χ2n) is 6.68. The van der Waals surface area contributed by atoms with Crippen LogP contribution in [0.25, 0.3) is 0 Å². The molecule has 0 aromatic heterocycles. The van der Waals surface area contributed by atoms with Gasteiger partial charge < -0.3 is 5.11 Å². The first kappa shape index (κ1) is 14.8. The lowest BCUT2D eigenvalue weighted by Gasteiger charge is -2.32. The fourth-order valence-corrected chi connectivity index (χ4v) is 3.95. The molecule has 0 saturated heterocycles. The molecule has 2 nitrogen and oxygen atoms in total. The average Bonchev–Trinajstić information content (AvgIpc) is 2.44. The van der Waals surface area contributed by atoms with Crippen molar-refractivity contribution in [3.05, 3.63) is 11.6 Å². The van der Waals surface area contributed by atoms with Crippen molar-refractivity contribution in [3.63, 3.8) is 0 Å². The molecule has 1 N–H and O–H groups in total. The Morgan fingerprint density at radius 2 is 2.00 bits per heavy atom. The van der Waals surface area contributed by atoms with E-state index >= 15 is 0 Å². The van der Waals surface area contributed by atoms with E-state index in [2.05, 4.69) is 20.8 Å². The Labute approximate surface area is 117 Å². The highest BCUT2D eigenvalue weighted by Gasteiger charge is 2.34. The maximum atomic E-state index is 11.7. The van der Waals surface area contributed by atoms with Crippen LogP contribution in [0.15, 0.2) is 11.6 Å². The number of rotatable bonds is 1. The SMILES string of the molecule is CC[C@@H]1C[C@@H](O)C(C)C2CCC(=O)C=C2CCC1C. The van der Waals surface area contributed by atoms with Crippen molar-refractivity contribution >= 4 is 5.78 Å². The molecule has 0 aromatic carbocycles. The number of allylic oxidation sites excluding steroid dienone is 2. The second-order valence-corrected chi connectivity index (χ2v) is 6.68. The molecule has 0 bridgehead atoms. The third kappa shape index (κ3) is 3.28. The molecule has 108 valence electrons. The van der Waals surface area contributed by atoms with Crippen molar-refractivity contribution in [2.75, 3.05) is 0 Å². The van der Waals surface area contributed by atoms with E-state index in [-0.39, 0.29) is 11.9 Å². The summed E-state index contributed by atoms with van der Waals surface area (Å²) in [6, 6.07) is 0. The highest BCUT2D eigenvalue weighted by atomic mass is 16.3. The van der Waals surface area contributed by atoms with Gasteiger partial charge in [0, 0.05) is 6.42 Å². The van der Waals surface area contributed by atoms with E-state index in [9.17, 15) is 9.90 Å². The van der Waals surface area contributed by atoms with Crippen LogP contribution in [-0.2, 0) is 4.79 Å². The summed E-state index contributed by atoms with van der Waals surface area (Å²) in [5.41, 5.74) is 1.31. The van der Waals surface area contributed by atoms with E-state index in [1.807, 2.05) is 6.08 Å². The topological polar surface area (TPSA) is 37.3 Å². The van der Waals surface area contributed by atoms with Gasteiger partial charge in [-0.3, -0.25) is 4.79 Å². The number of carbonyl (C=O) groups excluding carboxylic acids is 1. The molecule has 2 aliphatic rings. The fraction of sp³-hybridized carbons (Fsp3) is 0.824. The van der Waals surface area contributed by atoms with Crippen molar-refractivity contribution in [2.24, 2.45) is 23.7 Å². The van der Waals surface area contributed by atoms with Crippen LogP contribution >= 0.6 is 0 Å². The average molecular weight is 264 g/mol. The van der Waals surface area contributed by atoms with Crippen molar-refractivity contribution in [3.8, 4) is 0 Å². The maximum absolute atomic E-state index is 11.7. The Hall–Kier alpha value is -0.630. The van der Waals surface area contributed by atoms with Crippen LogP contribution < -0.4 is 0 Å². The van der Waals surface area contributed by atoms with Crippen LogP contribution in [0, 0.1) is 23.7 Å². The summed E-state index contributed by atoms with van der Waals surface area (Å²) in [7, 11) is 0. The zero-order valence-corrected chi connectivity index (χ0v) is 12.6. The normalized spacial score (nSPS) is 40.7. The standard InChI is InChI=1S/C17H28O2/c1-4-13-10-17(19)12(3)16-8-7-15(18)9-14(16)6-5-11(13)2/h9,11-13,16-17,19H,4-8,10H2,1-3H3/t11?,12?,13-,16?,17-/m1/s1. The lowest BCUT2D eigenvalue weighted by Crippen LogP contribution is -2.30. The summed E-state index contributed by atoms with van der Waals surface area (Å²) < 4.78 is 0. The summed E-state index contributed by atoms with van der Waals surface area (Å²) in [5.74, 6) is 2.26. The molecular weight excluding hydrogens is 236 g/mol. The molecule has 19 heavy (non-hydrogen) atoms. The van der Waals surface area contributed by atoms with E-state index in [0.29, 0.717) is 30.1 Å². The Balaban J connectivity index is 2.23. The van der Waals surface area contributed by atoms with Crippen LogP contribution in [0.5, 0.6) is 0 Å². The first-order valence-electron chi connectivity index (χ1n) is 7.94. The number of ketones is 1. The zero-order chi connectivity index (χ0) is 14.0. The number of fused-ring (bicyclic) bond motifs is 1. The van der Waals surface area contributed by atoms with Gasteiger partial charge in [0.2, 0.25) is 0 Å². The third-order valence-electron chi connectivity index (χ3n) is 5.53. The highest BCUT2D eigenvalue weighted by molar-refractivity contribution is 5.91. The van der Waals surface area contributed by atoms with Gasteiger partial charge in [-0.25, -0.2) is 0 Å². The van der Waals surface area contributed by atoms with Crippen LogP contribution in [0.3, 0.4) is 0 Å². The number of aliphatic hydroxyl groups is 1. The Morgan fingerprint density at radius 3 is 2.68 bits per heavy atom. The lowest BCUT2D eigenvalue weighted by molar-refractivity contribution is -0.115. The second kappa shape index (κ2) is 6.21. The van der Waals surface area contributed by atoms with Crippen molar-refractivity contribution in [1.82, 2.24) is 0 Å². The lowest BCUT2D eigenvalue weighted by atomic mass is 9.75. The Morgan fingerprint density at radius 1 is 1.26 bits per heavy atom. The van der Waals surface area contributed by atoms with Gasteiger partial charge in [-0.1, -0.05) is 32.8 Å². The molecule has 0 aliphatic heterocycles. The van der Waals surface area contributed by atoms with E-state index in [1.54, 1.807) is 0 Å². The predicted molar refractivity (Wildman–Crippen MR) is 77.8 cm³/mol. The van der Waals surface area contributed by atoms with Crippen LogP contribution in [0.2, 0.25) is 0 Å². The molecule has 0 aromatic rings. The predicted octanol–water partition coefficient (Wildman–Crippen LogP) is 3.74. The monoisotopic (exact) mass is 264 g/mol. The van der Waals surface area contributed by atoms with E-state index in [0.717, 1.165) is 32.1 Å². The number of aliphatic hydroxyl groups excluding tert-OH is 1. The number of hydrogen-bond donors (Lipinski definition) is 1. The van der Waals surface area contributed by atoms with E-state index in [4.69, 9.17) is 0 Å². The van der Waals surface area contributed by atoms with Crippen LogP contribution in [0.4, 0.5) is 0 Å². The van der Waals surface area contributed by atoms with Crippen molar-refractivity contribution in [2.45, 2.75) is 65.4 Å². The minimum absolute atomic E-state index is 0.216. The van der Waals surface area contributed by atoms with Gasteiger partial charge in [0.25, 0.3) is 0 Å². The zero-order valence-electron chi connectivity index (χ0n) is 12.6. The molecular formula is C17H28O2. The third-order valence-corrected chi connectivity index (χ3v) is 5.53. The van der Waals surface area contributed by atoms with E-state index in [1.165, 1.54) is 5.57 Å². The quantitative estimate of drug-likeness (QED) is 0.783. The summed E-state index contributed by atoms with van der Waals surface area (Å²) in [4.78, 5) is 11.7. The summed E-state index contributed by atoms with van der Waals surface area (Å²) in [6.45, 7) is 6.70. The first-order valence-corrected chi connectivity index (χ1v) is 7.94. The molecule has 0 heterocycles. The van der Waals surface area contributed by atoms with Gasteiger partial charge in [0.15, 0.2) is 5.78 Å². The van der Waals surface area contributed by atoms with Gasteiger partial charge in [0.1, 0.15) is 0 Å². The fourth-order valence-electron chi connectivity index (χ4n) is 3.95. The summed E-state index contributed by atoms with van der Waals surface area (Å²) in [6.07, 6.45) is 7.55. The van der Waals surface area contributed by atoms with Crippen LogP contribution in [0.1, 0.15) is 59.3 Å². The molecule has 2 rings (SSSR count). The number of carbonyl (C=O) groups is 1. The van der Waals surface area contributed by atoms with Crippen molar-refractivity contribution in [1.29, 1.82) is 0 Å². The van der Waals surface area contributed by atoms with Gasteiger partial charge in [-0.15, -0.1) is 0 Å². The van der Waals surface area contributed by atoms with Gasteiger partial charge >= 0.3 is 0 Å². The minimum atomic E-state index is -0.216. The van der Waals surface area contributed by atoms with Gasteiger partial charge in [-0.2, -0.15) is 0 Å². The first-order chi connectivity index (χ1) is 9.02. The van der Waals surface area contributed by atoms with Crippen molar-refractivity contribution < 1.29 is 9.90 Å².